The molecule has 1 aliphatic rings. The van der Waals surface area contributed by atoms with Crippen molar-refractivity contribution in [1.29, 1.82) is 0 Å². The minimum Gasteiger partial charge on any atom is -0.394 e. The highest BCUT2D eigenvalue weighted by molar-refractivity contribution is 5.24. The van der Waals surface area contributed by atoms with Crippen LogP contribution in [0.5, 0.6) is 0 Å². The first-order valence-electron chi connectivity index (χ1n) is 7.74. The summed E-state index contributed by atoms with van der Waals surface area (Å²) in [4.78, 5) is 2.40. The molecule has 0 aromatic heterocycles. The van der Waals surface area contributed by atoms with Crippen LogP contribution in [-0.2, 0) is 10.3 Å². The van der Waals surface area contributed by atoms with Gasteiger partial charge in [0.1, 0.15) is 0 Å². The van der Waals surface area contributed by atoms with Gasteiger partial charge in [-0.15, -0.1) is 0 Å². The quantitative estimate of drug-likeness (QED) is 0.838. The van der Waals surface area contributed by atoms with Crippen LogP contribution in [0.1, 0.15) is 31.7 Å². The number of aliphatic hydroxyl groups excluding tert-OH is 1. The molecule has 1 aromatic rings. The number of methoxy groups -OCH3 is 1. The Morgan fingerprint density at radius 2 is 2.10 bits per heavy atom. The van der Waals surface area contributed by atoms with Crippen molar-refractivity contribution in [3.8, 4) is 0 Å². The van der Waals surface area contributed by atoms with E-state index in [0.29, 0.717) is 0 Å². The number of likely N-dealkylation sites (tertiary alicyclic amines) is 1. The van der Waals surface area contributed by atoms with E-state index >= 15 is 0 Å². The molecular weight excluding hydrogens is 264 g/mol. The monoisotopic (exact) mass is 292 g/mol. The van der Waals surface area contributed by atoms with Gasteiger partial charge in [-0.05, 0) is 38.3 Å². The van der Waals surface area contributed by atoms with Crippen LogP contribution in [0.2, 0.25) is 0 Å². The third kappa shape index (κ3) is 4.04. The largest absolute Gasteiger partial charge is 0.394 e. The van der Waals surface area contributed by atoms with Crippen molar-refractivity contribution in [2.75, 3.05) is 33.4 Å². The number of hydrogen-bond donors (Lipinski definition) is 2. The molecule has 0 bridgehead atoms. The predicted molar refractivity (Wildman–Crippen MR) is 85.1 cm³/mol. The van der Waals surface area contributed by atoms with Gasteiger partial charge in [0.15, 0.2) is 0 Å². The number of rotatable bonds is 6. The van der Waals surface area contributed by atoms with Crippen molar-refractivity contribution in [1.82, 2.24) is 4.90 Å². The Bertz CT molecular complexity index is 440. The molecule has 0 amide bonds. The first-order valence-corrected chi connectivity index (χ1v) is 7.74. The zero-order valence-electron chi connectivity index (χ0n) is 13.2. The maximum absolute atomic E-state index is 9.75. The number of piperidine rings is 1. The maximum Gasteiger partial charge on any atom is 0.0777 e. The van der Waals surface area contributed by atoms with E-state index in [1.165, 1.54) is 0 Å². The predicted octanol–water partition coefficient (Wildman–Crippen LogP) is 1.72. The molecule has 1 saturated heterocycles. The molecule has 1 heterocycles. The summed E-state index contributed by atoms with van der Waals surface area (Å²) in [5.74, 6) is 0. The molecule has 1 fully saturated rings. The molecule has 21 heavy (non-hydrogen) atoms. The highest BCUT2D eigenvalue weighted by Gasteiger charge is 2.33. The van der Waals surface area contributed by atoms with Gasteiger partial charge in [0.25, 0.3) is 0 Å². The second-order valence-electron chi connectivity index (χ2n) is 6.46. The summed E-state index contributed by atoms with van der Waals surface area (Å²) in [6.07, 6.45) is 2.99. The fourth-order valence-corrected chi connectivity index (χ4v) is 3.11. The van der Waals surface area contributed by atoms with Gasteiger partial charge in [-0.1, -0.05) is 30.3 Å². The van der Waals surface area contributed by atoms with E-state index in [9.17, 15) is 5.11 Å². The smallest absolute Gasteiger partial charge is 0.0777 e. The van der Waals surface area contributed by atoms with E-state index in [1.807, 2.05) is 30.3 Å². The molecule has 0 saturated carbocycles. The fourth-order valence-electron chi connectivity index (χ4n) is 3.11. The molecule has 4 heteroatoms. The Hall–Kier alpha value is -0.940. The Morgan fingerprint density at radius 1 is 1.38 bits per heavy atom. The topological polar surface area (TPSA) is 58.7 Å². The molecule has 0 radical (unpaired) electrons. The third-order valence-corrected chi connectivity index (χ3v) is 4.74. The van der Waals surface area contributed by atoms with Gasteiger partial charge in [0.2, 0.25) is 0 Å². The highest BCUT2D eigenvalue weighted by atomic mass is 16.5. The third-order valence-electron chi connectivity index (χ3n) is 4.74. The number of aliphatic hydroxyl groups is 1. The summed E-state index contributed by atoms with van der Waals surface area (Å²) in [5.41, 5.74) is 6.71. The number of nitrogens with two attached hydrogens (primary N) is 1. The molecule has 0 spiro atoms. The Kier molecular flexibility index (Phi) is 5.38. The lowest BCUT2D eigenvalue weighted by Crippen LogP contribution is -2.50. The van der Waals surface area contributed by atoms with Crippen LogP contribution < -0.4 is 5.73 Å². The average molecular weight is 292 g/mol. The van der Waals surface area contributed by atoms with Crippen LogP contribution in [0.15, 0.2) is 30.3 Å². The second kappa shape index (κ2) is 6.88. The number of ether oxygens (including phenoxy) is 1. The molecule has 2 rings (SSSR count). The van der Waals surface area contributed by atoms with Gasteiger partial charge in [0.05, 0.1) is 17.7 Å². The van der Waals surface area contributed by atoms with E-state index in [-0.39, 0.29) is 12.2 Å². The summed E-state index contributed by atoms with van der Waals surface area (Å²) in [7, 11) is 1.79. The lowest BCUT2D eigenvalue weighted by Gasteiger charge is -2.40. The van der Waals surface area contributed by atoms with Gasteiger partial charge in [0, 0.05) is 20.2 Å². The van der Waals surface area contributed by atoms with Crippen LogP contribution in [0.4, 0.5) is 0 Å². The zero-order chi connectivity index (χ0) is 15.3. The molecule has 3 N–H and O–H groups in total. The molecule has 1 aromatic carbocycles. The van der Waals surface area contributed by atoms with E-state index in [2.05, 4.69) is 11.8 Å². The minimum absolute atomic E-state index is 0.0353. The Labute approximate surface area is 127 Å². The van der Waals surface area contributed by atoms with E-state index in [1.54, 1.807) is 7.11 Å². The summed E-state index contributed by atoms with van der Waals surface area (Å²) in [6.45, 7) is 5.02. The number of nitrogens with zero attached hydrogens (tertiary/aromatic N) is 1. The van der Waals surface area contributed by atoms with E-state index < -0.39 is 5.54 Å². The van der Waals surface area contributed by atoms with Crippen molar-refractivity contribution in [2.45, 2.75) is 37.3 Å². The molecular formula is C17H28N2O2. The standard InChI is InChI=1S/C17H28N2O2/c1-16(21-2)9-6-11-19(13-16)12-10-17(18,14-20)15-7-4-3-5-8-15/h3-5,7-8,20H,6,9-14,18H2,1-2H3. The molecule has 4 nitrogen and oxygen atoms in total. The van der Waals surface area contributed by atoms with Crippen LogP contribution in [0.3, 0.4) is 0 Å². The minimum atomic E-state index is -0.665. The van der Waals surface area contributed by atoms with Gasteiger partial charge < -0.3 is 20.5 Å². The average Bonchev–Trinajstić information content (AvgIpc) is 2.53. The van der Waals surface area contributed by atoms with E-state index in [4.69, 9.17) is 10.5 Å². The molecule has 118 valence electrons. The molecule has 2 atom stereocenters. The lowest BCUT2D eigenvalue weighted by molar-refractivity contribution is -0.0523. The van der Waals surface area contributed by atoms with Crippen molar-refractivity contribution in [2.24, 2.45) is 5.73 Å². The number of benzene rings is 1. The molecule has 2 unspecified atom stereocenters. The Balaban J connectivity index is 1.97. The second-order valence-corrected chi connectivity index (χ2v) is 6.46. The maximum atomic E-state index is 9.75. The van der Waals surface area contributed by atoms with Crippen molar-refractivity contribution >= 4 is 0 Å². The van der Waals surface area contributed by atoms with E-state index in [0.717, 1.165) is 44.5 Å². The fraction of sp³-hybridized carbons (Fsp3) is 0.647. The van der Waals surface area contributed by atoms with Gasteiger partial charge in [-0.2, -0.15) is 0 Å². The summed E-state index contributed by atoms with van der Waals surface area (Å²) in [6, 6.07) is 9.89. The summed E-state index contributed by atoms with van der Waals surface area (Å²) >= 11 is 0. The first kappa shape index (κ1) is 16.4. The van der Waals surface area contributed by atoms with Crippen LogP contribution in [-0.4, -0.2) is 49.0 Å². The van der Waals surface area contributed by atoms with Crippen molar-refractivity contribution < 1.29 is 9.84 Å². The SMILES string of the molecule is COC1(C)CCCN(CCC(N)(CO)c2ccccc2)C1. The Morgan fingerprint density at radius 3 is 2.71 bits per heavy atom. The normalized spacial score (nSPS) is 26.5. The molecule has 0 aliphatic carbocycles. The number of hydrogen-bond acceptors (Lipinski definition) is 4. The van der Waals surface area contributed by atoms with Gasteiger partial charge >= 0.3 is 0 Å². The van der Waals surface area contributed by atoms with Crippen LogP contribution >= 0.6 is 0 Å². The first-order chi connectivity index (χ1) is 10.0. The van der Waals surface area contributed by atoms with Crippen LogP contribution in [0.25, 0.3) is 0 Å². The molecule has 1 aliphatic heterocycles. The highest BCUT2D eigenvalue weighted by Crippen LogP contribution is 2.26. The lowest BCUT2D eigenvalue weighted by atomic mass is 9.87. The van der Waals surface area contributed by atoms with Crippen molar-refractivity contribution in [3.05, 3.63) is 35.9 Å². The van der Waals surface area contributed by atoms with Gasteiger partial charge in [-0.3, -0.25) is 0 Å². The van der Waals surface area contributed by atoms with Crippen LogP contribution in [0, 0.1) is 0 Å². The zero-order valence-corrected chi connectivity index (χ0v) is 13.2. The van der Waals surface area contributed by atoms with Crippen molar-refractivity contribution in [3.63, 3.8) is 0 Å². The summed E-state index contributed by atoms with van der Waals surface area (Å²) in [5, 5.41) is 9.75. The summed E-state index contributed by atoms with van der Waals surface area (Å²) < 4.78 is 5.63. The van der Waals surface area contributed by atoms with Gasteiger partial charge in [-0.25, -0.2) is 0 Å².